The second-order valence-corrected chi connectivity index (χ2v) is 14.4. The van der Waals surface area contributed by atoms with E-state index in [-0.39, 0.29) is 0 Å². The molecule has 0 atom stereocenters. The van der Waals surface area contributed by atoms with Crippen molar-refractivity contribution in [3.05, 3.63) is 227 Å². The van der Waals surface area contributed by atoms with E-state index in [9.17, 15) is 0 Å². The van der Waals surface area contributed by atoms with Crippen LogP contribution in [-0.4, -0.2) is 4.57 Å². The predicted molar refractivity (Wildman–Crippen MR) is 220 cm³/mol. The molecule has 1 aliphatic carbocycles. The molecule has 0 N–H and O–H groups in total. The molecule has 8 aromatic carbocycles. The van der Waals surface area contributed by atoms with Crippen LogP contribution in [0.4, 0.5) is 17.1 Å². The summed E-state index contributed by atoms with van der Waals surface area (Å²) in [6, 6.07) is 72.9. The highest BCUT2D eigenvalue weighted by Crippen LogP contribution is 2.57. The number of halogens is 1. The number of hydrogen-bond donors (Lipinski definition) is 0. The smallest absolute Gasteiger partial charge is 0.0714 e. The van der Waals surface area contributed by atoms with Crippen LogP contribution in [0.1, 0.15) is 22.3 Å². The van der Waals surface area contributed by atoms with Gasteiger partial charge in [0, 0.05) is 38.0 Å². The number of hydrogen-bond acceptors (Lipinski definition) is 1. The van der Waals surface area contributed by atoms with Crippen LogP contribution in [0.5, 0.6) is 0 Å². The first-order chi connectivity index (χ1) is 25.7. The van der Waals surface area contributed by atoms with E-state index in [1.807, 2.05) is 0 Å². The van der Waals surface area contributed by atoms with Crippen molar-refractivity contribution in [2.75, 3.05) is 4.90 Å². The van der Waals surface area contributed by atoms with E-state index in [1.165, 1.54) is 55.2 Å². The topological polar surface area (TPSA) is 8.17 Å². The van der Waals surface area contributed by atoms with Crippen molar-refractivity contribution in [3.8, 4) is 16.8 Å². The molecule has 0 saturated heterocycles. The normalized spacial score (nSPS) is 12.9. The maximum Gasteiger partial charge on any atom is 0.0714 e. The summed E-state index contributed by atoms with van der Waals surface area (Å²) < 4.78 is 3.40. The Balaban J connectivity index is 1.24. The van der Waals surface area contributed by atoms with Crippen LogP contribution in [-0.2, 0) is 5.41 Å². The molecule has 0 radical (unpaired) electrons. The van der Waals surface area contributed by atoms with E-state index in [2.05, 4.69) is 226 Å². The van der Waals surface area contributed by atoms with Crippen molar-refractivity contribution in [1.82, 2.24) is 4.57 Å². The summed E-state index contributed by atoms with van der Waals surface area (Å²) in [5.74, 6) is 0. The average molecular weight is 730 g/mol. The van der Waals surface area contributed by atoms with E-state index in [4.69, 9.17) is 0 Å². The third-order valence-corrected chi connectivity index (χ3v) is 11.1. The molecule has 1 aliphatic rings. The third-order valence-electron chi connectivity index (χ3n) is 10.7. The fourth-order valence-corrected chi connectivity index (χ4v) is 9.08. The second kappa shape index (κ2) is 12.3. The fourth-order valence-electron chi connectivity index (χ4n) is 8.61. The monoisotopic (exact) mass is 728 g/mol. The molecular formula is C49H33BrN2. The van der Waals surface area contributed by atoms with Crippen LogP contribution in [0.2, 0.25) is 0 Å². The summed E-state index contributed by atoms with van der Waals surface area (Å²) >= 11 is 3.95. The molecule has 0 bridgehead atoms. The van der Waals surface area contributed by atoms with E-state index in [0.717, 1.165) is 27.2 Å². The van der Waals surface area contributed by atoms with Crippen LogP contribution in [0, 0.1) is 0 Å². The number of para-hydroxylation sites is 3. The van der Waals surface area contributed by atoms with Crippen molar-refractivity contribution in [2.24, 2.45) is 0 Å². The average Bonchev–Trinajstić information content (AvgIpc) is 3.70. The maximum atomic E-state index is 3.95. The van der Waals surface area contributed by atoms with Crippen LogP contribution < -0.4 is 4.90 Å². The lowest BCUT2D eigenvalue weighted by molar-refractivity contribution is 0.768. The standard InChI is InChI=1S/C49H33BrN2/c50-36-30-39(32-40(31-36)52-47-26-14-11-23-43(47)44-24-12-15-27-48(44)52)51(37-20-8-3-9-21-37)38-28-29-42-41-22-10-13-25-45(41)49(46(42)33-38,34-16-4-1-5-17-34)35-18-6-2-7-19-35/h1-33H. The largest absolute Gasteiger partial charge is 0.310 e. The first-order valence-corrected chi connectivity index (χ1v) is 18.5. The molecule has 0 amide bonds. The maximum absolute atomic E-state index is 3.95. The van der Waals surface area contributed by atoms with Gasteiger partial charge in [-0.05, 0) is 88.0 Å². The Hall–Kier alpha value is -6.16. The SMILES string of the molecule is Brc1cc(N(c2ccccc2)c2ccc3c(c2)C(c2ccccc2)(c2ccccc2)c2ccccc2-3)cc(-n2c3ccccc3c3ccccc32)c1. The molecule has 9 aromatic rings. The number of fused-ring (bicyclic) bond motifs is 6. The van der Waals surface area contributed by atoms with Crippen molar-refractivity contribution in [2.45, 2.75) is 5.41 Å². The number of anilines is 3. The summed E-state index contributed by atoms with van der Waals surface area (Å²) in [7, 11) is 0. The van der Waals surface area contributed by atoms with Gasteiger partial charge in [-0.3, -0.25) is 0 Å². The molecular weight excluding hydrogens is 696 g/mol. The summed E-state index contributed by atoms with van der Waals surface area (Å²) in [6.45, 7) is 0. The van der Waals surface area contributed by atoms with E-state index >= 15 is 0 Å². The van der Waals surface area contributed by atoms with Crippen molar-refractivity contribution >= 4 is 54.8 Å². The van der Waals surface area contributed by atoms with Gasteiger partial charge >= 0.3 is 0 Å². The molecule has 52 heavy (non-hydrogen) atoms. The van der Waals surface area contributed by atoms with Gasteiger partial charge in [0.05, 0.1) is 16.4 Å². The zero-order chi connectivity index (χ0) is 34.6. The van der Waals surface area contributed by atoms with Gasteiger partial charge in [0.25, 0.3) is 0 Å². The molecule has 246 valence electrons. The minimum Gasteiger partial charge on any atom is -0.310 e. The second-order valence-electron chi connectivity index (χ2n) is 13.5. The Morgan fingerprint density at radius 2 is 0.942 bits per heavy atom. The van der Waals surface area contributed by atoms with E-state index < -0.39 is 5.41 Å². The van der Waals surface area contributed by atoms with Crippen molar-refractivity contribution in [1.29, 1.82) is 0 Å². The molecule has 10 rings (SSSR count). The van der Waals surface area contributed by atoms with E-state index in [1.54, 1.807) is 0 Å². The van der Waals surface area contributed by atoms with E-state index in [0.29, 0.717) is 0 Å². The molecule has 1 heterocycles. The summed E-state index contributed by atoms with van der Waals surface area (Å²) in [6.07, 6.45) is 0. The van der Waals surface area contributed by atoms with Gasteiger partial charge in [0.1, 0.15) is 0 Å². The minimum absolute atomic E-state index is 0.488. The molecule has 1 aromatic heterocycles. The first kappa shape index (κ1) is 30.6. The fraction of sp³-hybridized carbons (Fsp3) is 0.0204. The lowest BCUT2D eigenvalue weighted by Gasteiger charge is -2.35. The Kier molecular flexibility index (Phi) is 7.23. The van der Waals surface area contributed by atoms with Gasteiger partial charge in [0.15, 0.2) is 0 Å². The Morgan fingerprint density at radius 3 is 1.60 bits per heavy atom. The quantitative estimate of drug-likeness (QED) is 0.165. The lowest BCUT2D eigenvalue weighted by atomic mass is 9.67. The Morgan fingerprint density at radius 1 is 0.404 bits per heavy atom. The molecule has 0 fully saturated rings. The van der Waals surface area contributed by atoms with Crippen LogP contribution in [0.25, 0.3) is 38.6 Å². The van der Waals surface area contributed by atoms with Gasteiger partial charge in [-0.1, -0.05) is 162 Å². The molecule has 3 heteroatoms. The summed E-state index contributed by atoms with van der Waals surface area (Å²) in [5, 5.41) is 2.49. The van der Waals surface area contributed by atoms with Gasteiger partial charge in [-0.25, -0.2) is 0 Å². The van der Waals surface area contributed by atoms with Crippen LogP contribution in [0.3, 0.4) is 0 Å². The van der Waals surface area contributed by atoms with Gasteiger partial charge in [-0.15, -0.1) is 0 Å². The highest BCUT2D eigenvalue weighted by Gasteiger charge is 2.46. The number of benzene rings is 8. The minimum atomic E-state index is -0.488. The predicted octanol–water partition coefficient (Wildman–Crippen LogP) is 13.4. The molecule has 0 spiro atoms. The third kappa shape index (κ3) is 4.63. The van der Waals surface area contributed by atoms with Crippen molar-refractivity contribution in [3.63, 3.8) is 0 Å². The van der Waals surface area contributed by atoms with Gasteiger partial charge in [0.2, 0.25) is 0 Å². The molecule has 0 saturated carbocycles. The summed E-state index contributed by atoms with van der Waals surface area (Å²) in [4.78, 5) is 2.39. The zero-order valence-electron chi connectivity index (χ0n) is 28.3. The highest BCUT2D eigenvalue weighted by atomic mass is 79.9. The highest BCUT2D eigenvalue weighted by molar-refractivity contribution is 9.10. The Bertz CT molecular complexity index is 2660. The van der Waals surface area contributed by atoms with Gasteiger partial charge in [-0.2, -0.15) is 0 Å². The van der Waals surface area contributed by atoms with Crippen LogP contribution >= 0.6 is 15.9 Å². The number of aromatic nitrogens is 1. The van der Waals surface area contributed by atoms with Crippen LogP contribution in [0.15, 0.2) is 205 Å². The Labute approximate surface area is 312 Å². The summed E-state index contributed by atoms with van der Waals surface area (Å²) in [5.41, 5.74) is 13.9. The lowest BCUT2D eigenvalue weighted by Crippen LogP contribution is -2.28. The number of nitrogens with zero attached hydrogens (tertiary/aromatic N) is 2. The number of rotatable bonds is 6. The molecule has 0 aliphatic heterocycles. The first-order valence-electron chi connectivity index (χ1n) is 17.7. The van der Waals surface area contributed by atoms with Crippen molar-refractivity contribution < 1.29 is 0 Å². The molecule has 2 nitrogen and oxygen atoms in total. The zero-order valence-corrected chi connectivity index (χ0v) is 29.9. The molecule has 0 unspecified atom stereocenters. The van der Waals surface area contributed by atoms with Gasteiger partial charge < -0.3 is 9.47 Å².